The number of methoxy groups -OCH3 is 1. The largest absolute Gasteiger partial charge is 0.478 e. The van der Waals surface area contributed by atoms with Gasteiger partial charge in [-0.2, -0.15) is 0 Å². The third-order valence-electron chi connectivity index (χ3n) is 2.69. The summed E-state index contributed by atoms with van der Waals surface area (Å²) < 4.78 is 15.9. The van der Waals surface area contributed by atoms with E-state index in [1.165, 1.54) is 0 Å². The molecule has 0 atom stereocenters. The predicted molar refractivity (Wildman–Crippen MR) is 80.6 cm³/mol. The Morgan fingerprint density at radius 1 is 1.15 bits per heavy atom. The monoisotopic (exact) mass is 301 g/mol. The quantitative estimate of drug-likeness (QED) is 0.465. The molecule has 114 valence electrons. The first-order valence-electron chi connectivity index (χ1n) is 7.05. The second kappa shape index (κ2) is 10.9. The van der Waals surface area contributed by atoms with Crippen LogP contribution in [-0.4, -0.2) is 38.5 Å². The van der Waals surface area contributed by atoms with Crippen molar-refractivity contribution in [1.82, 2.24) is 4.98 Å². The fourth-order valence-corrected chi connectivity index (χ4v) is 1.89. The lowest BCUT2D eigenvalue weighted by Gasteiger charge is -2.09. The molecule has 1 rings (SSSR count). The number of pyridine rings is 1. The van der Waals surface area contributed by atoms with Crippen LogP contribution in [-0.2, 0) is 21.8 Å². The molecule has 0 aromatic carbocycles. The van der Waals surface area contributed by atoms with E-state index in [-0.39, 0.29) is 0 Å². The number of ether oxygens (including phenoxy) is 3. The van der Waals surface area contributed by atoms with Crippen LogP contribution in [0.5, 0.6) is 5.88 Å². The number of rotatable bonds is 11. The summed E-state index contributed by atoms with van der Waals surface area (Å²) in [7, 11) is 1.66. The summed E-state index contributed by atoms with van der Waals surface area (Å²) in [5, 5.41) is 0. The van der Waals surface area contributed by atoms with Crippen molar-refractivity contribution in [3.63, 3.8) is 0 Å². The van der Waals surface area contributed by atoms with E-state index in [1.807, 2.05) is 12.1 Å². The van der Waals surface area contributed by atoms with E-state index in [4.69, 9.17) is 25.8 Å². The van der Waals surface area contributed by atoms with E-state index in [0.29, 0.717) is 38.2 Å². The van der Waals surface area contributed by atoms with E-state index >= 15 is 0 Å². The Labute approximate surface area is 126 Å². The molecular weight excluding hydrogens is 278 g/mol. The van der Waals surface area contributed by atoms with Crippen molar-refractivity contribution in [3.05, 3.63) is 23.4 Å². The first-order chi connectivity index (χ1) is 9.80. The Kier molecular flexibility index (Phi) is 9.37. The minimum atomic E-state index is 0.482. The Bertz CT molecular complexity index is 374. The maximum Gasteiger partial charge on any atom is 0.213 e. The molecule has 0 radical (unpaired) electrons. The maximum absolute atomic E-state index is 5.89. The van der Waals surface area contributed by atoms with Crippen LogP contribution < -0.4 is 4.74 Å². The summed E-state index contributed by atoms with van der Waals surface area (Å²) in [5.74, 6) is 1.14. The Hall–Kier alpha value is -0.840. The molecule has 20 heavy (non-hydrogen) atoms. The van der Waals surface area contributed by atoms with E-state index in [2.05, 4.69) is 11.9 Å². The average Bonchev–Trinajstić information content (AvgIpc) is 2.46. The number of halogens is 1. The van der Waals surface area contributed by atoms with Crippen LogP contribution in [0.4, 0.5) is 0 Å². The lowest BCUT2D eigenvalue weighted by molar-refractivity contribution is 0.0642. The molecule has 1 aromatic rings. The Morgan fingerprint density at radius 3 is 2.70 bits per heavy atom. The highest BCUT2D eigenvalue weighted by molar-refractivity contribution is 6.17. The van der Waals surface area contributed by atoms with Gasteiger partial charge in [-0.15, -0.1) is 11.6 Å². The zero-order valence-corrected chi connectivity index (χ0v) is 13.1. The van der Waals surface area contributed by atoms with Crippen LogP contribution in [0.15, 0.2) is 12.1 Å². The molecular formula is C15H24ClNO3. The molecule has 0 aliphatic carbocycles. The molecule has 0 aliphatic heterocycles. The van der Waals surface area contributed by atoms with Crippen molar-refractivity contribution in [3.8, 4) is 5.88 Å². The van der Waals surface area contributed by atoms with Gasteiger partial charge < -0.3 is 14.2 Å². The van der Waals surface area contributed by atoms with Crippen molar-refractivity contribution in [2.75, 3.05) is 33.5 Å². The van der Waals surface area contributed by atoms with E-state index < -0.39 is 0 Å². The first-order valence-corrected chi connectivity index (χ1v) is 7.58. The summed E-state index contributed by atoms with van der Waals surface area (Å²) in [4.78, 5) is 4.48. The zero-order chi connectivity index (χ0) is 14.6. The summed E-state index contributed by atoms with van der Waals surface area (Å²) in [5.41, 5.74) is 2.09. The van der Waals surface area contributed by atoms with Gasteiger partial charge in [-0.1, -0.05) is 13.3 Å². The van der Waals surface area contributed by atoms with Crippen LogP contribution in [0, 0.1) is 0 Å². The van der Waals surface area contributed by atoms with Gasteiger partial charge in [-0.3, -0.25) is 0 Å². The Balaban J connectivity index is 2.33. The first kappa shape index (κ1) is 17.2. The number of aryl methyl sites for hydroxylation is 1. The molecule has 0 amide bonds. The van der Waals surface area contributed by atoms with Crippen molar-refractivity contribution in [1.29, 1.82) is 0 Å². The second-order valence-corrected chi connectivity index (χ2v) is 4.76. The van der Waals surface area contributed by atoms with Gasteiger partial charge in [0.15, 0.2) is 0 Å². The molecule has 0 saturated heterocycles. The smallest absolute Gasteiger partial charge is 0.213 e. The summed E-state index contributed by atoms with van der Waals surface area (Å²) in [6.07, 6.45) is 2.84. The fourth-order valence-electron chi connectivity index (χ4n) is 1.74. The summed E-state index contributed by atoms with van der Waals surface area (Å²) in [6, 6.07) is 3.94. The topological polar surface area (TPSA) is 40.6 Å². The third-order valence-corrected chi connectivity index (χ3v) is 3.00. The Morgan fingerprint density at radius 2 is 2.00 bits per heavy atom. The zero-order valence-electron chi connectivity index (χ0n) is 12.4. The second-order valence-electron chi connectivity index (χ2n) is 4.50. The highest BCUT2D eigenvalue weighted by atomic mass is 35.5. The maximum atomic E-state index is 5.89. The van der Waals surface area contributed by atoms with Gasteiger partial charge in [0.25, 0.3) is 0 Å². The number of alkyl halides is 1. The van der Waals surface area contributed by atoms with Crippen LogP contribution in [0.3, 0.4) is 0 Å². The summed E-state index contributed by atoms with van der Waals surface area (Å²) in [6.45, 7) is 4.64. The van der Waals surface area contributed by atoms with Gasteiger partial charge >= 0.3 is 0 Å². The van der Waals surface area contributed by atoms with Crippen molar-refractivity contribution < 1.29 is 14.2 Å². The molecule has 0 saturated carbocycles. The van der Waals surface area contributed by atoms with Crippen molar-refractivity contribution >= 4 is 11.6 Å². The van der Waals surface area contributed by atoms with Gasteiger partial charge in [0.2, 0.25) is 5.88 Å². The normalized spacial score (nSPS) is 10.8. The molecule has 0 fully saturated rings. The highest BCUT2D eigenvalue weighted by Gasteiger charge is 2.03. The summed E-state index contributed by atoms with van der Waals surface area (Å²) >= 11 is 5.89. The van der Waals surface area contributed by atoms with Gasteiger partial charge in [0, 0.05) is 37.8 Å². The number of hydrogen-bond acceptors (Lipinski definition) is 4. The molecule has 0 unspecified atom stereocenters. The molecule has 1 aromatic heterocycles. The molecule has 1 heterocycles. The standard InChI is InChI=1S/C15H24ClNO3/c1-3-5-14-10-13(12-16)11-15(17-14)20-7-4-6-19-9-8-18-2/h10-11H,3-9,12H2,1-2H3. The van der Waals surface area contributed by atoms with Gasteiger partial charge in [-0.25, -0.2) is 4.98 Å². The van der Waals surface area contributed by atoms with Crippen molar-refractivity contribution in [2.45, 2.75) is 32.1 Å². The minimum Gasteiger partial charge on any atom is -0.478 e. The number of aromatic nitrogens is 1. The molecule has 4 nitrogen and oxygen atoms in total. The van der Waals surface area contributed by atoms with Gasteiger partial charge in [0.1, 0.15) is 0 Å². The third kappa shape index (κ3) is 7.08. The number of hydrogen-bond donors (Lipinski definition) is 0. The molecule has 0 aliphatic rings. The molecule has 0 bridgehead atoms. The van der Waals surface area contributed by atoms with E-state index in [0.717, 1.165) is 30.5 Å². The lowest BCUT2D eigenvalue weighted by atomic mass is 10.2. The predicted octanol–water partition coefficient (Wildman–Crippen LogP) is 3.20. The van der Waals surface area contributed by atoms with E-state index in [9.17, 15) is 0 Å². The average molecular weight is 302 g/mol. The molecule has 5 heteroatoms. The number of nitrogens with zero attached hydrogens (tertiary/aromatic N) is 1. The fraction of sp³-hybridized carbons (Fsp3) is 0.667. The van der Waals surface area contributed by atoms with Crippen LogP contribution >= 0.6 is 11.6 Å². The molecule has 0 N–H and O–H groups in total. The van der Waals surface area contributed by atoms with Crippen LogP contribution in [0.2, 0.25) is 0 Å². The minimum absolute atomic E-state index is 0.482. The van der Waals surface area contributed by atoms with Gasteiger partial charge in [-0.05, 0) is 18.1 Å². The van der Waals surface area contributed by atoms with E-state index in [1.54, 1.807) is 7.11 Å². The van der Waals surface area contributed by atoms with Crippen LogP contribution in [0.25, 0.3) is 0 Å². The van der Waals surface area contributed by atoms with Crippen LogP contribution in [0.1, 0.15) is 31.0 Å². The van der Waals surface area contributed by atoms with Gasteiger partial charge in [0.05, 0.1) is 19.8 Å². The highest BCUT2D eigenvalue weighted by Crippen LogP contribution is 2.16. The SMILES string of the molecule is CCCc1cc(CCl)cc(OCCCOCCOC)n1. The van der Waals surface area contributed by atoms with Crippen molar-refractivity contribution in [2.24, 2.45) is 0 Å². The molecule has 0 spiro atoms. The lowest BCUT2D eigenvalue weighted by Crippen LogP contribution is -2.08.